The smallest absolute Gasteiger partial charge is 0.293 e. The van der Waals surface area contributed by atoms with E-state index in [0.29, 0.717) is 0 Å². The van der Waals surface area contributed by atoms with Crippen molar-refractivity contribution in [3.05, 3.63) is 84.2 Å². The van der Waals surface area contributed by atoms with Crippen molar-refractivity contribution in [2.75, 3.05) is 5.32 Å². The predicted octanol–water partition coefficient (Wildman–Crippen LogP) is 4.58. The summed E-state index contributed by atoms with van der Waals surface area (Å²) in [5.74, 6) is 1.45. The van der Waals surface area contributed by atoms with Gasteiger partial charge in [-0.1, -0.05) is 18.2 Å². The lowest BCUT2D eigenvalue weighted by molar-refractivity contribution is -0.711. The van der Waals surface area contributed by atoms with Gasteiger partial charge >= 0.3 is 0 Å². The zero-order valence-corrected chi connectivity index (χ0v) is 15.3. The molecule has 0 bridgehead atoms. The summed E-state index contributed by atoms with van der Waals surface area (Å²) in [6.07, 6.45) is 1.93. The monoisotopic (exact) mass is 347 g/mol. The predicted molar refractivity (Wildman–Crippen MR) is 102 cm³/mol. The van der Waals surface area contributed by atoms with Crippen molar-refractivity contribution in [2.45, 2.75) is 26.8 Å². The SMILES string of the molecule is Cc1ccc[n+]([C@@H](C)C(=O)Nc2ccc(Oc3ccccc3)cc2)c1C. The minimum absolute atomic E-state index is 0.0552. The number of aryl methyl sites for hydroxylation is 1. The lowest BCUT2D eigenvalue weighted by Gasteiger charge is -2.12. The van der Waals surface area contributed by atoms with Crippen LogP contribution in [0.3, 0.4) is 0 Å². The maximum absolute atomic E-state index is 12.6. The summed E-state index contributed by atoms with van der Waals surface area (Å²) in [6.45, 7) is 5.96. The molecule has 0 radical (unpaired) electrons. The molecule has 1 N–H and O–H groups in total. The molecule has 1 amide bonds. The summed E-state index contributed by atoms with van der Waals surface area (Å²) in [4.78, 5) is 12.6. The van der Waals surface area contributed by atoms with Gasteiger partial charge in [0.05, 0.1) is 0 Å². The van der Waals surface area contributed by atoms with Crippen molar-refractivity contribution >= 4 is 11.6 Å². The van der Waals surface area contributed by atoms with E-state index in [9.17, 15) is 4.79 Å². The molecule has 4 heteroatoms. The van der Waals surface area contributed by atoms with Gasteiger partial charge in [0, 0.05) is 31.2 Å². The summed E-state index contributed by atoms with van der Waals surface area (Å²) in [5.41, 5.74) is 2.99. The Morgan fingerprint density at radius 3 is 2.27 bits per heavy atom. The molecule has 0 aliphatic heterocycles. The third-order valence-corrected chi connectivity index (χ3v) is 4.45. The highest BCUT2D eigenvalue weighted by atomic mass is 16.5. The van der Waals surface area contributed by atoms with E-state index in [-0.39, 0.29) is 11.9 Å². The van der Waals surface area contributed by atoms with Gasteiger partial charge in [-0.25, -0.2) is 0 Å². The second kappa shape index (κ2) is 7.83. The molecule has 4 nitrogen and oxygen atoms in total. The number of amides is 1. The Balaban J connectivity index is 1.66. The van der Waals surface area contributed by atoms with Gasteiger partial charge in [-0.3, -0.25) is 4.79 Å². The molecule has 3 rings (SSSR count). The average molecular weight is 347 g/mol. The molecule has 1 heterocycles. The Hall–Kier alpha value is -3.14. The first-order valence-electron chi connectivity index (χ1n) is 8.66. The molecule has 0 fully saturated rings. The highest BCUT2D eigenvalue weighted by Crippen LogP contribution is 2.22. The van der Waals surface area contributed by atoms with Gasteiger partial charge in [0.1, 0.15) is 11.5 Å². The van der Waals surface area contributed by atoms with E-state index >= 15 is 0 Å². The van der Waals surface area contributed by atoms with Crippen molar-refractivity contribution < 1.29 is 14.1 Å². The van der Waals surface area contributed by atoms with E-state index in [1.807, 2.05) is 98.3 Å². The molecule has 26 heavy (non-hydrogen) atoms. The van der Waals surface area contributed by atoms with Crippen LogP contribution in [0.5, 0.6) is 11.5 Å². The number of para-hydroxylation sites is 1. The second-order valence-electron chi connectivity index (χ2n) is 6.29. The minimum Gasteiger partial charge on any atom is -0.457 e. The maximum atomic E-state index is 12.6. The third kappa shape index (κ3) is 4.09. The van der Waals surface area contributed by atoms with Gasteiger partial charge in [-0.05, 0) is 49.4 Å². The van der Waals surface area contributed by atoms with E-state index in [0.717, 1.165) is 28.4 Å². The lowest BCUT2D eigenvalue weighted by atomic mass is 10.2. The Labute approximate surface area is 154 Å². The van der Waals surface area contributed by atoms with Crippen LogP contribution in [-0.2, 0) is 4.79 Å². The van der Waals surface area contributed by atoms with Crippen LogP contribution in [0.1, 0.15) is 24.2 Å². The van der Waals surface area contributed by atoms with E-state index in [4.69, 9.17) is 4.74 Å². The zero-order valence-electron chi connectivity index (χ0n) is 15.3. The van der Waals surface area contributed by atoms with Crippen LogP contribution >= 0.6 is 0 Å². The quantitative estimate of drug-likeness (QED) is 0.686. The molecule has 1 atom stereocenters. The van der Waals surface area contributed by atoms with E-state index in [1.54, 1.807) is 0 Å². The van der Waals surface area contributed by atoms with Crippen molar-refractivity contribution in [1.29, 1.82) is 0 Å². The number of nitrogens with one attached hydrogen (secondary N) is 1. The number of aromatic nitrogens is 1. The fourth-order valence-electron chi connectivity index (χ4n) is 2.74. The van der Waals surface area contributed by atoms with Crippen LogP contribution < -0.4 is 14.6 Å². The van der Waals surface area contributed by atoms with Crippen molar-refractivity contribution in [3.63, 3.8) is 0 Å². The van der Waals surface area contributed by atoms with E-state index < -0.39 is 0 Å². The van der Waals surface area contributed by atoms with Gasteiger partial charge in [-0.15, -0.1) is 0 Å². The fourth-order valence-corrected chi connectivity index (χ4v) is 2.74. The highest BCUT2D eigenvalue weighted by Gasteiger charge is 2.24. The number of carbonyl (C=O) groups excluding carboxylic acids is 1. The summed E-state index contributed by atoms with van der Waals surface area (Å²) in [6, 6.07) is 20.7. The molecule has 0 unspecified atom stereocenters. The number of nitrogens with zero attached hydrogens (tertiary/aromatic N) is 1. The Kier molecular flexibility index (Phi) is 5.32. The molecule has 1 aromatic heterocycles. The van der Waals surface area contributed by atoms with E-state index in [1.165, 1.54) is 0 Å². The first kappa shape index (κ1) is 17.7. The van der Waals surface area contributed by atoms with Crippen molar-refractivity contribution in [2.24, 2.45) is 0 Å². The number of carbonyl (C=O) groups is 1. The normalized spacial score (nSPS) is 11.7. The van der Waals surface area contributed by atoms with Gasteiger partial charge in [-0.2, -0.15) is 4.57 Å². The van der Waals surface area contributed by atoms with Crippen LogP contribution in [0, 0.1) is 13.8 Å². The number of rotatable bonds is 5. The molecule has 0 spiro atoms. The number of hydrogen-bond acceptors (Lipinski definition) is 2. The van der Waals surface area contributed by atoms with Gasteiger partial charge in [0.25, 0.3) is 5.91 Å². The minimum atomic E-state index is -0.296. The first-order valence-corrected chi connectivity index (χ1v) is 8.66. The Morgan fingerprint density at radius 2 is 1.58 bits per heavy atom. The van der Waals surface area contributed by atoms with Gasteiger partial charge in [0.2, 0.25) is 6.04 Å². The molecule has 0 aliphatic carbocycles. The molecule has 132 valence electrons. The maximum Gasteiger partial charge on any atom is 0.293 e. The molecule has 0 aliphatic rings. The first-order chi connectivity index (χ1) is 12.5. The summed E-state index contributed by atoms with van der Waals surface area (Å²) in [5, 5.41) is 2.96. The number of benzene rings is 2. The van der Waals surface area contributed by atoms with Crippen LogP contribution in [0.25, 0.3) is 0 Å². The Morgan fingerprint density at radius 1 is 0.923 bits per heavy atom. The summed E-state index contributed by atoms with van der Waals surface area (Å²) < 4.78 is 7.75. The third-order valence-electron chi connectivity index (χ3n) is 4.45. The standard InChI is InChI=1S/C22H22N2O2/c1-16-8-7-15-24(17(16)2)18(3)22(25)23-19-11-13-21(14-12-19)26-20-9-5-4-6-10-20/h4-15,18H,1-3H3/p+1/t18-/m0/s1. The lowest BCUT2D eigenvalue weighted by Crippen LogP contribution is -2.47. The average Bonchev–Trinajstić information content (AvgIpc) is 2.66. The molecular formula is C22H23N2O2+. The molecular weight excluding hydrogens is 324 g/mol. The van der Waals surface area contributed by atoms with Crippen molar-refractivity contribution in [3.8, 4) is 11.5 Å². The highest BCUT2D eigenvalue weighted by molar-refractivity contribution is 5.92. The molecule has 0 saturated heterocycles. The topological polar surface area (TPSA) is 42.2 Å². The second-order valence-corrected chi connectivity index (χ2v) is 6.29. The van der Waals surface area contributed by atoms with E-state index in [2.05, 4.69) is 5.32 Å². The molecule has 3 aromatic rings. The van der Waals surface area contributed by atoms with Crippen LogP contribution in [0.4, 0.5) is 5.69 Å². The molecule has 2 aromatic carbocycles. The summed E-state index contributed by atoms with van der Waals surface area (Å²) >= 11 is 0. The molecule has 0 saturated carbocycles. The number of hydrogen-bond donors (Lipinski definition) is 1. The van der Waals surface area contributed by atoms with Crippen LogP contribution in [0.15, 0.2) is 72.9 Å². The van der Waals surface area contributed by atoms with Gasteiger partial charge in [0.15, 0.2) is 11.9 Å². The van der Waals surface area contributed by atoms with Crippen LogP contribution in [-0.4, -0.2) is 5.91 Å². The fraction of sp³-hybridized carbons (Fsp3) is 0.182. The van der Waals surface area contributed by atoms with Crippen LogP contribution in [0.2, 0.25) is 0 Å². The number of ether oxygens (including phenoxy) is 1. The Bertz CT molecular complexity index is 890. The van der Waals surface area contributed by atoms with Crippen molar-refractivity contribution in [1.82, 2.24) is 0 Å². The largest absolute Gasteiger partial charge is 0.457 e. The number of pyridine rings is 1. The number of anilines is 1. The summed E-state index contributed by atoms with van der Waals surface area (Å²) in [7, 11) is 0. The van der Waals surface area contributed by atoms with Gasteiger partial charge < -0.3 is 10.1 Å². The zero-order chi connectivity index (χ0) is 18.5.